The highest BCUT2D eigenvalue weighted by Gasteiger charge is 2.19. The SMILES string of the molecule is Cc1c#cccc1NC(=O)NCC(c1ccc2c(c1)CCO2)N(C)C. The molecule has 0 bridgehead atoms. The van der Waals surface area contributed by atoms with Crippen LogP contribution in [0, 0.1) is 19.1 Å². The Hall–Kier alpha value is -2.71. The lowest BCUT2D eigenvalue weighted by Crippen LogP contribution is -2.37. The van der Waals surface area contributed by atoms with Gasteiger partial charge in [0, 0.05) is 18.5 Å². The Morgan fingerprint density at radius 2 is 2.20 bits per heavy atom. The van der Waals surface area contributed by atoms with Crippen LogP contribution in [-0.4, -0.2) is 38.2 Å². The molecule has 1 aliphatic rings. The highest BCUT2D eigenvalue weighted by Crippen LogP contribution is 2.29. The van der Waals surface area contributed by atoms with Crippen LogP contribution >= 0.6 is 0 Å². The Bertz CT molecular complexity index is 758. The first-order chi connectivity index (χ1) is 12.0. The van der Waals surface area contributed by atoms with E-state index in [1.54, 1.807) is 6.07 Å². The quantitative estimate of drug-likeness (QED) is 0.882. The topological polar surface area (TPSA) is 53.6 Å². The molecule has 25 heavy (non-hydrogen) atoms. The van der Waals surface area contributed by atoms with E-state index in [0.717, 1.165) is 30.0 Å². The van der Waals surface area contributed by atoms with Crippen LogP contribution in [0.25, 0.3) is 0 Å². The Balaban J connectivity index is 1.64. The number of hydrogen-bond donors (Lipinski definition) is 2. The summed E-state index contributed by atoms with van der Waals surface area (Å²) in [4.78, 5) is 14.3. The minimum atomic E-state index is -0.223. The number of likely N-dealkylation sites (N-methyl/N-ethyl adjacent to an activating group) is 1. The Kier molecular flexibility index (Phi) is 5.11. The molecule has 2 N–H and O–H groups in total. The summed E-state index contributed by atoms with van der Waals surface area (Å²) in [6.07, 6.45) is 0.942. The molecule has 5 nitrogen and oxygen atoms in total. The van der Waals surface area contributed by atoms with E-state index in [1.165, 1.54) is 11.1 Å². The van der Waals surface area contributed by atoms with Gasteiger partial charge >= 0.3 is 6.03 Å². The van der Waals surface area contributed by atoms with E-state index in [2.05, 4.69) is 39.8 Å². The molecule has 2 amide bonds. The second kappa shape index (κ2) is 7.45. The Labute approximate surface area is 149 Å². The van der Waals surface area contributed by atoms with Crippen molar-refractivity contribution >= 4 is 11.7 Å². The number of nitrogens with one attached hydrogen (secondary N) is 2. The summed E-state index contributed by atoms with van der Waals surface area (Å²) in [5, 5.41) is 5.82. The van der Waals surface area contributed by atoms with Crippen LogP contribution in [0.15, 0.2) is 30.3 Å². The van der Waals surface area contributed by atoms with Gasteiger partial charge in [-0.15, -0.1) is 0 Å². The smallest absolute Gasteiger partial charge is 0.319 e. The lowest BCUT2D eigenvalue weighted by atomic mass is 10.0. The van der Waals surface area contributed by atoms with Crippen LogP contribution in [0.5, 0.6) is 5.75 Å². The standard InChI is InChI=1S/C20H23N3O2/c1-14-6-4-5-7-17(14)22-20(24)21-13-18(23(2)3)15-8-9-19-16(12-15)10-11-25-19/h5,7-9,12,18H,10-11,13H2,1-3H3,(H2,21,22,24). The molecule has 0 aromatic heterocycles. The molecule has 0 aliphatic carbocycles. The molecule has 1 aliphatic heterocycles. The number of urea groups is 1. The van der Waals surface area contributed by atoms with Crippen LogP contribution < -0.4 is 15.4 Å². The molecule has 1 atom stereocenters. The number of carbonyl (C=O) groups excluding carboxylic acids is 1. The van der Waals surface area contributed by atoms with E-state index in [4.69, 9.17) is 4.74 Å². The molecule has 1 heterocycles. The highest BCUT2D eigenvalue weighted by molar-refractivity contribution is 5.89. The molecular formula is C20H23N3O2. The molecule has 0 spiro atoms. The van der Waals surface area contributed by atoms with Crippen molar-refractivity contribution in [2.75, 3.05) is 32.6 Å². The Morgan fingerprint density at radius 3 is 2.96 bits per heavy atom. The van der Waals surface area contributed by atoms with Crippen LogP contribution in [0.4, 0.5) is 10.5 Å². The van der Waals surface area contributed by atoms with Gasteiger partial charge in [-0.2, -0.15) is 0 Å². The van der Waals surface area contributed by atoms with Gasteiger partial charge in [-0.25, -0.2) is 4.79 Å². The van der Waals surface area contributed by atoms with E-state index in [1.807, 2.05) is 33.2 Å². The van der Waals surface area contributed by atoms with Gasteiger partial charge in [0.25, 0.3) is 0 Å². The number of anilines is 1. The van der Waals surface area contributed by atoms with Crippen molar-refractivity contribution in [3.05, 3.63) is 59.2 Å². The number of carbonyl (C=O) groups is 1. The van der Waals surface area contributed by atoms with Gasteiger partial charge < -0.3 is 20.3 Å². The van der Waals surface area contributed by atoms with Gasteiger partial charge in [0.05, 0.1) is 18.3 Å². The third-order valence-corrected chi connectivity index (χ3v) is 4.42. The third-order valence-electron chi connectivity index (χ3n) is 4.42. The van der Waals surface area contributed by atoms with Gasteiger partial charge in [-0.3, -0.25) is 0 Å². The largest absolute Gasteiger partial charge is 0.493 e. The maximum Gasteiger partial charge on any atom is 0.319 e. The van der Waals surface area contributed by atoms with E-state index in [-0.39, 0.29) is 12.1 Å². The molecular weight excluding hydrogens is 314 g/mol. The summed E-state index contributed by atoms with van der Waals surface area (Å²) in [6.45, 7) is 3.15. The number of hydrogen-bond acceptors (Lipinski definition) is 3. The Morgan fingerprint density at radius 1 is 1.36 bits per heavy atom. The number of rotatable bonds is 5. The van der Waals surface area contributed by atoms with Crippen LogP contribution in [0.1, 0.15) is 22.7 Å². The summed E-state index contributed by atoms with van der Waals surface area (Å²) in [5.41, 5.74) is 4.02. The lowest BCUT2D eigenvalue weighted by molar-refractivity contribution is 0.243. The third kappa shape index (κ3) is 4.04. The molecule has 0 fully saturated rings. The number of amides is 2. The molecule has 0 saturated carbocycles. The summed E-state index contributed by atoms with van der Waals surface area (Å²) in [5.74, 6) is 0.972. The van der Waals surface area contributed by atoms with E-state index in [9.17, 15) is 4.79 Å². The number of ether oxygens (including phenoxy) is 1. The van der Waals surface area contributed by atoms with Crippen molar-refractivity contribution in [3.8, 4) is 5.75 Å². The van der Waals surface area contributed by atoms with Crippen molar-refractivity contribution < 1.29 is 9.53 Å². The first-order valence-electron chi connectivity index (χ1n) is 8.40. The first kappa shape index (κ1) is 17.1. The number of benzene rings is 1. The first-order valence-corrected chi connectivity index (χ1v) is 8.40. The zero-order valence-electron chi connectivity index (χ0n) is 14.8. The van der Waals surface area contributed by atoms with Gasteiger partial charge in [-0.1, -0.05) is 24.3 Å². The second-order valence-corrected chi connectivity index (χ2v) is 6.42. The van der Waals surface area contributed by atoms with Crippen molar-refractivity contribution in [1.29, 1.82) is 0 Å². The molecule has 2 aromatic carbocycles. The maximum absolute atomic E-state index is 12.2. The van der Waals surface area contributed by atoms with E-state index < -0.39 is 0 Å². The van der Waals surface area contributed by atoms with E-state index in [0.29, 0.717) is 6.54 Å². The van der Waals surface area contributed by atoms with Crippen molar-refractivity contribution in [3.63, 3.8) is 0 Å². The molecule has 130 valence electrons. The lowest BCUT2D eigenvalue weighted by Gasteiger charge is -2.25. The average molecular weight is 337 g/mol. The monoisotopic (exact) mass is 337 g/mol. The predicted molar refractivity (Wildman–Crippen MR) is 97.9 cm³/mol. The van der Waals surface area contributed by atoms with Crippen molar-refractivity contribution in [2.45, 2.75) is 19.4 Å². The zero-order valence-corrected chi connectivity index (χ0v) is 14.8. The molecule has 3 rings (SSSR count). The second-order valence-electron chi connectivity index (χ2n) is 6.42. The summed E-state index contributed by atoms with van der Waals surface area (Å²) in [7, 11) is 4.03. The van der Waals surface area contributed by atoms with Crippen molar-refractivity contribution in [1.82, 2.24) is 10.2 Å². The normalized spacial score (nSPS) is 13.6. The van der Waals surface area contributed by atoms with Gasteiger partial charge in [0.1, 0.15) is 5.75 Å². The summed E-state index contributed by atoms with van der Waals surface area (Å²) in [6, 6.07) is 15.5. The number of nitrogens with zero attached hydrogens (tertiary/aromatic N) is 1. The number of fused-ring (bicyclic) bond motifs is 1. The summed E-state index contributed by atoms with van der Waals surface area (Å²) < 4.78 is 5.57. The minimum absolute atomic E-state index is 0.0911. The highest BCUT2D eigenvalue weighted by atomic mass is 16.5. The van der Waals surface area contributed by atoms with Crippen LogP contribution in [0.3, 0.4) is 0 Å². The van der Waals surface area contributed by atoms with Gasteiger partial charge in [-0.05, 0) is 50.3 Å². The maximum atomic E-state index is 12.2. The fraction of sp³-hybridized carbons (Fsp3) is 0.350. The molecule has 1 unspecified atom stereocenters. The molecule has 5 heteroatoms. The van der Waals surface area contributed by atoms with Gasteiger partial charge in [0.2, 0.25) is 0 Å². The zero-order chi connectivity index (χ0) is 17.8. The van der Waals surface area contributed by atoms with Gasteiger partial charge in [0.15, 0.2) is 0 Å². The van der Waals surface area contributed by atoms with Crippen LogP contribution in [-0.2, 0) is 6.42 Å². The molecule has 0 saturated heterocycles. The predicted octanol–water partition coefficient (Wildman–Crippen LogP) is 2.95. The fourth-order valence-corrected chi connectivity index (χ4v) is 2.97. The van der Waals surface area contributed by atoms with Crippen LogP contribution in [0.2, 0.25) is 0 Å². The van der Waals surface area contributed by atoms with Crippen molar-refractivity contribution in [2.24, 2.45) is 0 Å². The van der Waals surface area contributed by atoms with E-state index >= 15 is 0 Å². The molecule has 2 aromatic rings. The summed E-state index contributed by atoms with van der Waals surface area (Å²) >= 11 is 0. The minimum Gasteiger partial charge on any atom is -0.493 e. The average Bonchev–Trinajstić information content (AvgIpc) is 3.04. The molecule has 0 radical (unpaired) electrons. The fourth-order valence-electron chi connectivity index (χ4n) is 2.97.